The molecule has 0 atom stereocenters. The first kappa shape index (κ1) is 24.9. The minimum Gasteiger partial charge on any atom is -0.306 e. The lowest BCUT2D eigenvalue weighted by atomic mass is 10.1. The minimum absolute atomic E-state index is 0.0279. The molecule has 0 fully saturated rings. The summed E-state index contributed by atoms with van der Waals surface area (Å²) < 4.78 is 29.4. The van der Waals surface area contributed by atoms with Crippen LogP contribution in [-0.4, -0.2) is 41.9 Å². The van der Waals surface area contributed by atoms with Gasteiger partial charge in [-0.3, -0.25) is 14.6 Å². The first-order chi connectivity index (χ1) is 18.4. The molecular formula is C26H18ClF2N7O2. The van der Waals surface area contributed by atoms with Gasteiger partial charge in [0, 0.05) is 24.5 Å². The Morgan fingerprint density at radius 3 is 2.55 bits per heavy atom. The molecule has 0 bridgehead atoms. The molecule has 9 nitrogen and oxygen atoms in total. The number of hydrogen-bond acceptors (Lipinski definition) is 6. The first-order valence-electron chi connectivity index (χ1n) is 11.3. The number of Topliss-reactive ketones (excluding diaryl/α,β-unsaturated/α-hetero) is 1. The number of H-pyrrole nitrogens is 1. The molecule has 0 saturated carbocycles. The van der Waals surface area contributed by atoms with Gasteiger partial charge >= 0.3 is 0 Å². The lowest BCUT2D eigenvalue weighted by Crippen LogP contribution is -2.16. The van der Waals surface area contributed by atoms with Gasteiger partial charge in [0.25, 0.3) is 5.91 Å². The maximum atomic E-state index is 14.6. The van der Waals surface area contributed by atoms with Gasteiger partial charge in [0.2, 0.25) is 0 Å². The maximum Gasteiger partial charge on any atom is 0.258 e. The van der Waals surface area contributed by atoms with E-state index in [-0.39, 0.29) is 45.6 Å². The fourth-order valence-electron chi connectivity index (χ4n) is 3.73. The van der Waals surface area contributed by atoms with Crippen LogP contribution in [0.5, 0.6) is 0 Å². The van der Waals surface area contributed by atoms with Crippen molar-refractivity contribution >= 4 is 29.1 Å². The summed E-state index contributed by atoms with van der Waals surface area (Å²) in [5.74, 6) is -2.03. The van der Waals surface area contributed by atoms with Crippen molar-refractivity contribution in [3.63, 3.8) is 0 Å². The molecule has 0 saturated heterocycles. The van der Waals surface area contributed by atoms with Crippen LogP contribution in [0.4, 0.5) is 14.6 Å². The molecule has 2 N–H and O–H groups in total. The monoisotopic (exact) mass is 533 g/mol. The third-order valence-corrected chi connectivity index (χ3v) is 5.93. The molecule has 12 heteroatoms. The maximum absolute atomic E-state index is 14.6. The van der Waals surface area contributed by atoms with Gasteiger partial charge in [-0.2, -0.15) is 20.5 Å². The van der Waals surface area contributed by atoms with E-state index < -0.39 is 17.5 Å². The van der Waals surface area contributed by atoms with Gasteiger partial charge in [-0.15, -0.1) is 0 Å². The second-order valence-electron chi connectivity index (χ2n) is 8.17. The number of benzene rings is 2. The highest BCUT2D eigenvalue weighted by molar-refractivity contribution is 6.34. The summed E-state index contributed by atoms with van der Waals surface area (Å²) in [5, 5.41) is 17.1. The van der Waals surface area contributed by atoms with Crippen molar-refractivity contribution in [2.24, 2.45) is 0 Å². The summed E-state index contributed by atoms with van der Waals surface area (Å²) in [5.41, 5.74) is 1.42. The Balaban J connectivity index is 1.46. The highest BCUT2D eigenvalue weighted by Gasteiger charge is 2.21. The number of para-hydroxylation sites is 1. The number of halogens is 3. The fraction of sp³-hybridized carbons (Fsp3) is 0.0769. The van der Waals surface area contributed by atoms with Crippen LogP contribution in [0.2, 0.25) is 5.02 Å². The molecule has 0 aliphatic rings. The largest absolute Gasteiger partial charge is 0.306 e. The highest BCUT2D eigenvalue weighted by Crippen LogP contribution is 2.29. The fourth-order valence-corrected chi connectivity index (χ4v) is 3.96. The Morgan fingerprint density at radius 1 is 1.03 bits per heavy atom. The highest BCUT2D eigenvalue weighted by atomic mass is 35.5. The number of pyridine rings is 1. The molecule has 2 aromatic carbocycles. The van der Waals surface area contributed by atoms with E-state index in [1.807, 2.05) is 6.07 Å². The Kier molecular flexibility index (Phi) is 7.00. The normalized spacial score (nSPS) is 10.9. The summed E-state index contributed by atoms with van der Waals surface area (Å²) in [4.78, 5) is 30.0. The molecule has 5 aromatic rings. The lowest BCUT2D eigenvalue weighted by molar-refractivity contribution is 0.0975. The molecule has 3 aromatic heterocycles. The van der Waals surface area contributed by atoms with E-state index in [4.69, 9.17) is 11.6 Å². The van der Waals surface area contributed by atoms with Crippen LogP contribution in [0.25, 0.3) is 16.9 Å². The van der Waals surface area contributed by atoms with E-state index >= 15 is 0 Å². The van der Waals surface area contributed by atoms with Gasteiger partial charge in [-0.25, -0.2) is 13.5 Å². The second-order valence-corrected chi connectivity index (χ2v) is 8.58. The standard InChI is InChI=1S/C26H18ClF2N7O2/c27-20-11-21(29)19(22-8-6-15(28)13-30-22)10-18(20)26(38)32-25-12-23(24(37)9-7-16-14-31-35-33-16)34-36(25)17-4-2-1-3-5-17/h1-6,8,10-14H,7,9H2,(H,32,38)(H,31,33,35). The van der Waals surface area contributed by atoms with Crippen molar-refractivity contribution in [3.05, 3.63) is 107 Å². The molecule has 5 rings (SSSR count). The van der Waals surface area contributed by atoms with Crippen molar-refractivity contribution in [1.29, 1.82) is 0 Å². The SMILES string of the molecule is O=C(CCc1cn[nH]n1)c1cc(NC(=O)c2cc(-c3ccc(F)cn3)c(F)cc2Cl)n(-c2ccccc2)n1. The van der Waals surface area contributed by atoms with E-state index in [9.17, 15) is 18.4 Å². The van der Waals surface area contributed by atoms with Crippen LogP contribution >= 0.6 is 11.6 Å². The molecule has 190 valence electrons. The third-order valence-electron chi connectivity index (χ3n) is 5.62. The number of ketones is 1. The van der Waals surface area contributed by atoms with Gasteiger partial charge < -0.3 is 5.32 Å². The minimum atomic E-state index is -0.722. The predicted molar refractivity (Wildman–Crippen MR) is 135 cm³/mol. The Labute approximate surface area is 219 Å². The van der Waals surface area contributed by atoms with E-state index in [2.05, 4.69) is 30.8 Å². The average molecular weight is 534 g/mol. The smallest absolute Gasteiger partial charge is 0.258 e. The summed E-state index contributed by atoms with van der Waals surface area (Å²) >= 11 is 6.21. The van der Waals surface area contributed by atoms with E-state index in [0.29, 0.717) is 17.8 Å². The molecule has 1 amide bonds. The van der Waals surface area contributed by atoms with Gasteiger partial charge in [0.15, 0.2) is 5.78 Å². The number of nitrogens with one attached hydrogen (secondary N) is 2. The van der Waals surface area contributed by atoms with E-state index in [1.165, 1.54) is 29.1 Å². The zero-order valence-corrected chi connectivity index (χ0v) is 20.3. The topological polar surface area (TPSA) is 118 Å². The number of carbonyl (C=O) groups is 2. The van der Waals surface area contributed by atoms with Crippen LogP contribution in [0.3, 0.4) is 0 Å². The molecule has 0 aliphatic heterocycles. The zero-order valence-electron chi connectivity index (χ0n) is 19.5. The van der Waals surface area contributed by atoms with Crippen LogP contribution in [0.1, 0.15) is 33.0 Å². The number of anilines is 1. The number of hydrogen-bond donors (Lipinski definition) is 2. The quantitative estimate of drug-likeness (QED) is 0.269. The van der Waals surface area contributed by atoms with Crippen LogP contribution in [0.15, 0.2) is 73.1 Å². The van der Waals surface area contributed by atoms with Crippen LogP contribution < -0.4 is 5.32 Å². The summed E-state index contributed by atoms with van der Waals surface area (Å²) in [6, 6.07) is 15.0. The number of nitrogens with zero attached hydrogens (tertiary/aromatic N) is 5. The summed E-state index contributed by atoms with van der Waals surface area (Å²) in [7, 11) is 0. The Bertz CT molecular complexity index is 1610. The number of aromatic amines is 1. The second kappa shape index (κ2) is 10.7. The predicted octanol–water partition coefficient (Wildman–Crippen LogP) is 5.05. The molecule has 0 unspecified atom stereocenters. The van der Waals surface area contributed by atoms with Crippen molar-refractivity contribution in [2.45, 2.75) is 12.8 Å². The lowest BCUT2D eigenvalue weighted by Gasteiger charge is -2.11. The number of aryl methyl sites for hydroxylation is 1. The van der Waals surface area contributed by atoms with Gasteiger partial charge in [-0.1, -0.05) is 29.8 Å². The van der Waals surface area contributed by atoms with Crippen molar-refractivity contribution < 1.29 is 18.4 Å². The number of amides is 1. The third kappa shape index (κ3) is 5.32. The number of aromatic nitrogens is 6. The molecule has 0 spiro atoms. The molecule has 0 radical (unpaired) electrons. The molecule has 3 heterocycles. The van der Waals surface area contributed by atoms with Gasteiger partial charge in [0.1, 0.15) is 23.1 Å². The molecule has 38 heavy (non-hydrogen) atoms. The Hall–Kier alpha value is -4.77. The van der Waals surface area contributed by atoms with E-state index in [1.54, 1.807) is 24.3 Å². The number of carbonyl (C=O) groups excluding carboxylic acids is 2. The van der Waals surface area contributed by atoms with Crippen molar-refractivity contribution in [2.75, 3.05) is 5.32 Å². The summed E-state index contributed by atoms with van der Waals surface area (Å²) in [6.45, 7) is 0. The summed E-state index contributed by atoms with van der Waals surface area (Å²) in [6.07, 6.45) is 2.97. The van der Waals surface area contributed by atoms with Gasteiger partial charge in [-0.05, 0) is 36.4 Å². The molecular weight excluding hydrogens is 516 g/mol. The average Bonchev–Trinajstić information content (AvgIpc) is 3.59. The van der Waals surface area contributed by atoms with Crippen LogP contribution in [-0.2, 0) is 6.42 Å². The Morgan fingerprint density at radius 2 is 1.84 bits per heavy atom. The number of rotatable bonds is 8. The van der Waals surface area contributed by atoms with Crippen LogP contribution in [0, 0.1) is 11.6 Å². The van der Waals surface area contributed by atoms with Crippen molar-refractivity contribution in [3.8, 4) is 16.9 Å². The van der Waals surface area contributed by atoms with Crippen molar-refractivity contribution in [1.82, 2.24) is 30.2 Å². The first-order valence-corrected chi connectivity index (χ1v) is 11.7. The van der Waals surface area contributed by atoms with E-state index in [0.717, 1.165) is 18.3 Å². The zero-order chi connectivity index (χ0) is 26.6. The molecule has 0 aliphatic carbocycles. The van der Waals surface area contributed by atoms with Gasteiger partial charge in [0.05, 0.1) is 40.1 Å².